The van der Waals surface area contributed by atoms with Crippen LogP contribution in [0, 0.1) is 11.8 Å². The fraction of sp³-hybridized carbons (Fsp3) is 0.588. The van der Waals surface area contributed by atoms with Crippen LogP contribution in [0.5, 0.6) is 0 Å². The number of hydrogen-bond donors (Lipinski definition) is 4. The molecule has 22 heavy (non-hydrogen) atoms. The summed E-state index contributed by atoms with van der Waals surface area (Å²) in [6.07, 6.45) is 0.246. The van der Waals surface area contributed by atoms with E-state index >= 15 is 0 Å². The van der Waals surface area contributed by atoms with Crippen molar-refractivity contribution in [3.05, 3.63) is 35.9 Å². The average molecular weight is 307 g/mol. The van der Waals surface area contributed by atoms with E-state index in [0.717, 1.165) is 5.56 Å². The molecule has 0 unspecified atom stereocenters. The summed E-state index contributed by atoms with van der Waals surface area (Å²) in [5.74, 6) is -0.189. The van der Waals surface area contributed by atoms with Gasteiger partial charge >= 0.3 is 0 Å². The van der Waals surface area contributed by atoms with Crippen molar-refractivity contribution in [1.29, 1.82) is 0 Å². The molecule has 6 N–H and O–H groups in total. The SMILES string of the molecule is CC(C)[C@H](C[C@H](O)[C@@H](N)Cc1ccccc1)C(=O)NCCN. The topological polar surface area (TPSA) is 101 Å². The number of benzene rings is 1. The Hall–Kier alpha value is -1.43. The number of hydrogen-bond acceptors (Lipinski definition) is 4. The molecule has 0 aliphatic rings. The van der Waals surface area contributed by atoms with Gasteiger partial charge in [-0.3, -0.25) is 4.79 Å². The number of aliphatic hydroxyl groups is 1. The first-order chi connectivity index (χ1) is 10.5. The molecule has 0 saturated carbocycles. The highest BCUT2D eigenvalue weighted by Gasteiger charge is 2.27. The highest BCUT2D eigenvalue weighted by Crippen LogP contribution is 2.19. The Balaban J connectivity index is 2.58. The molecule has 0 fully saturated rings. The van der Waals surface area contributed by atoms with Gasteiger partial charge in [-0.15, -0.1) is 0 Å². The summed E-state index contributed by atoms with van der Waals surface area (Å²) in [5.41, 5.74) is 12.6. The summed E-state index contributed by atoms with van der Waals surface area (Å²) in [6, 6.07) is 9.44. The summed E-state index contributed by atoms with van der Waals surface area (Å²) in [6.45, 7) is 4.81. The van der Waals surface area contributed by atoms with Crippen LogP contribution in [-0.4, -0.2) is 36.2 Å². The third kappa shape index (κ3) is 6.13. The van der Waals surface area contributed by atoms with E-state index in [1.165, 1.54) is 0 Å². The van der Waals surface area contributed by atoms with Gasteiger partial charge in [-0.25, -0.2) is 0 Å². The second-order valence-corrected chi connectivity index (χ2v) is 6.09. The molecule has 0 heterocycles. The van der Waals surface area contributed by atoms with E-state index < -0.39 is 6.10 Å². The summed E-state index contributed by atoms with van der Waals surface area (Å²) < 4.78 is 0. The minimum absolute atomic E-state index is 0.0635. The van der Waals surface area contributed by atoms with Gasteiger partial charge in [-0.05, 0) is 24.3 Å². The molecule has 0 spiro atoms. The number of carbonyl (C=O) groups is 1. The smallest absolute Gasteiger partial charge is 0.223 e. The van der Waals surface area contributed by atoms with Crippen molar-refractivity contribution in [3.63, 3.8) is 0 Å². The molecular weight excluding hydrogens is 278 g/mol. The Bertz CT molecular complexity index is 437. The van der Waals surface area contributed by atoms with Gasteiger partial charge in [0.15, 0.2) is 0 Å². The van der Waals surface area contributed by atoms with Crippen LogP contribution in [-0.2, 0) is 11.2 Å². The van der Waals surface area contributed by atoms with Gasteiger partial charge < -0.3 is 21.9 Å². The van der Waals surface area contributed by atoms with Gasteiger partial charge in [0, 0.05) is 25.0 Å². The molecule has 0 radical (unpaired) electrons. The normalized spacial score (nSPS) is 15.4. The van der Waals surface area contributed by atoms with Crippen LogP contribution in [0.4, 0.5) is 0 Å². The third-order valence-corrected chi connectivity index (χ3v) is 3.89. The van der Waals surface area contributed by atoms with Crippen molar-refractivity contribution in [1.82, 2.24) is 5.32 Å². The Morgan fingerprint density at radius 3 is 2.45 bits per heavy atom. The molecule has 5 heteroatoms. The van der Waals surface area contributed by atoms with E-state index in [2.05, 4.69) is 5.32 Å². The standard InChI is InChI=1S/C17H29N3O2/c1-12(2)14(17(22)20-9-8-18)11-16(21)15(19)10-13-6-4-3-5-7-13/h3-7,12,14-16,21H,8-11,18-19H2,1-2H3,(H,20,22)/t14-,15-,16-/m0/s1. The Kier molecular flexibility index (Phi) is 8.09. The first kappa shape index (κ1) is 18.6. The van der Waals surface area contributed by atoms with E-state index in [1.54, 1.807) is 0 Å². The lowest BCUT2D eigenvalue weighted by molar-refractivity contribution is -0.127. The van der Waals surface area contributed by atoms with Crippen molar-refractivity contribution in [3.8, 4) is 0 Å². The van der Waals surface area contributed by atoms with Gasteiger partial charge in [-0.1, -0.05) is 44.2 Å². The van der Waals surface area contributed by atoms with E-state index in [0.29, 0.717) is 25.9 Å². The fourth-order valence-electron chi connectivity index (χ4n) is 2.47. The summed E-state index contributed by atoms with van der Waals surface area (Å²) >= 11 is 0. The maximum Gasteiger partial charge on any atom is 0.223 e. The Labute approximate surface area is 133 Å². The Morgan fingerprint density at radius 1 is 1.27 bits per heavy atom. The van der Waals surface area contributed by atoms with Crippen molar-refractivity contribution < 1.29 is 9.90 Å². The second kappa shape index (κ2) is 9.56. The number of aliphatic hydroxyl groups excluding tert-OH is 1. The maximum absolute atomic E-state index is 12.1. The van der Waals surface area contributed by atoms with E-state index in [1.807, 2.05) is 44.2 Å². The van der Waals surface area contributed by atoms with Gasteiger partial charge in [0.05, 0.1) is 6.10 Å². The molecule has 1 aromatic rings. The highest BCUT2D eigenvalue weighted by molar-refractivity contribution is 5.78. The van der Waals surface area contributed by atoms with Crippen molar-refractivity contribution >= 4 is 5.91 Å². The zero-order valence-electron chi connectivity index (χ0n) is 13.5. The predicted octanol–water partition coefficient (Wildman–Crippen LogP) is 0.655. The van der Waals surface area contributed by atoms with Crippen LogP contribution in [0.1, 0.15) is 25.8 Å². The number of nitrogens with two attached hydrogens (primary N) is 2. The largest absolute Gasteiger partial charge is 0.391 e. The zero-order chi connectivity index (χ0) is 16.5. The average Bonchev–Trinajstić information content (AvgIpc) is 2.50. The van der Waals surface area contributed by atoms with Crippen molar-refractivity contribution in [2.75, 3.05) is 13.1 Å². The van der Waals surface area contributed by atoms with Gasteiger partial charge in [0.1, 0.15) is 0 Å². The number of nitrogens with one attached hydrogen (secondary N) is 1. The van der Waals surface area contributed by atoms with Crippen molar-refractivity contribution in [2.45, 2.75) is 38.8 Å². The molecule has 0 aliphatic carbocycles. The van der Waals surface area contributed by atoms with Crippen LogP contribution < -0.4 is 16.8 Å². The summed E-state index contributed by atoms with van der Waals surface area (Å²) in [4.78, 5) is 12.1. The van der Waals surface area contributed by atoms with E-state index in [4.69, 9.17) is 11.5 Å². The van der Waals surface area contributed by atoms with Crippen LogP contribution in [0.15, 0.2) is 30.3 Å². The molecule has 0 bridgehead atoms. The lowest BCUT2D eigenvalue weighted by atomic mass is 9.86. The van der Waals surface area contributed by atoms with Gasteiger partial charge in [0.25, 0.3) is 0 Å². The Morgan fingerprint density at radius 2 is 1.91 bits per heavy atom. The molecule has 1 aromatic carbocycles. The molecule has 0 aromatic heterocycles. The number of rotatable bonds is 9. The molecule has 5 nitrogen and oxygen atoms in total. The summed E-state index contributed by atoms with van der Waals surface area (Å²) in [5, 5.41) is 13.1. The molecule has 0 saturated heterocycles. The highest BCUT2D eigenvalue weighted by atomic mass is 16.3. The molecule has 0 aliphatic heterocycles. The summed E-state index contributed by atoms with van der Waals surface area (Å²) in [7, 11) is 0. The number of carbonyl (C=O) groups excluding carboxylic acids is 1. The van der Waals surface area contributed by atoms with Crippen LogP contribution in [0.3, 0.4) is 0 Å². The second-order valence-electron chi connectivity index (χ2n) is 6.09. The maximum atomic E-state index is 12.1. The molecule has 1 rings (SSSR count). The first-order valence-corrected chi connectivity index (χ1v) is 7.91. The lowest BCUT2D eigenvalue weighted by Crippen LogP contribution is -2.43. The fourth-order valence-corrected chi connectivity index (χ4v) is 2.47. The minimum Gasteiger partial charge on any atom is -0.391 e. The lowest BCUT2D eigenvalue weighted by Gasteiger charge is -2.26. The van der Waals surface area contributed by atoms with E-state index in [9.17, 15) is 9.90 Å². The zero-order valence-corrected chi connectivity index (χ0v) is 13.5. The molecular formula is C17H29N3O2. The molecule has 3 atom stereocenters. The quantitative estimate of drug-likeness (QED) is 0.538. The third-order valence-electron chi connectivity index (χ3n) is 3.89. The van der Waals surface area contributed by atoms with Crippen LogP contribution >= 0.6 is 0 Å². The van der Waals surface area contributed by atoms with Gasteiger partial charge in [0.2, 0.25) is 5.91 Å². The number of amides is 1. The molecule has 1 amide bonds. The first-order valence-electron chi connectivity index (χ1n) is 7.91. The monoisotopic (exact) mass is 307 g/mol. The van der Waals surface area contributed by atoms with Crippen LogP contribution in [0.2, 0.25) is 0 Å². The molecule has 124 valence electrons. The van der Waals surface area contributed by atoms with Gasteiger partial charge in [-0.2, -0.15) is 0 Å². The van der Waals surface area contributed by atoms with E-state index in [-0.39, 0.29) is 23.8 Å². The minimum atomic E-state index is -0.712. The van der Waals surface area contributed by atoms with Crippen molar-refractivity contribution in [2.24, 2.45) is 23.3 Å². The predicted molar refractivity (Wildman–Crippen MR) is 89.1 cm³/mol. The van der Waals surface area contributed by atoms with Crippen LogP contribution in [0.25, 0.3) is 0 Å².